The first-order valence-electron chi connectivity index (χ1n) is 4.89. The Morgan fingerprint density at radius 1 is 1.58 bits per heavy atom. The maximum Gasteiger partial charge on any atom is 0.0822 e. The first kappa shape index (κ1) is 8.85. The van der Waals surface area contributed by atoms with E-state index in [1.807, 2.05) is 11.8 Å². The molecule has 0 aliphatic carbocycles. The van der Waals surface area contributed by atoms with Crippen LogP contribution in [0.5, 0.6) is 0 Å². The molecule has 0 amide bonds. The molecule has 0 aromatic heterocycles. The number of hydrogen-bond donors (Lipinski definition) is 1. The summed E-state index contributed by atoms with van der Waals surface area (Å²) in [7, 11) is 0. The second kappa shape index (κ2) is 3.99. The molecule has 2 rings (SSSR count). The molecule has 2 nitrogen and oxygen atoms in total. The predicted molar refractivity (Wildman–Crippen MR) is 52.4 cm³/mol. The molecule has 2 aliphatic heterocycles. The normalized spacial score (nSPS) is 42.2. The Balaban J connectivity index is 1.81. The van der Waals surface area contributed by atoms with Crippen molar-refractivity contribution in [3.05, 3.63) is 0 Å². The third-order valence-corrected chi connectivity index (χ3v) is 4.07. The summed E-state index contributed by atoms with van der Waals surface area (Å²) in [6, 6.07) is 0.726. The summed E-state index contributed by atoms with van der Waals surface area (Å²) in [5, 5.41) is 4.20. The SMILES string of the molecule is CCC1CSC(C2CCCO2)N1. The fraction of sp³-hybridized carbons (Fsp3) is 1.00. The van der Waals surface area contributed by atoms with Gasteiger partial charge in [-0.15, -0.1) is 11.8 Å². The molecule has 2 aliphatic rings. The number of ether oxygens (including phenoxy) is 1. The fourth-order valence-electron chi connectivity index (χ4n) is 1.84. The maximum atomic E-state index is 5.65. The predicted octanol–water partition coefficient (Wildman–Crippen LogP) is 1.61. The minimum atomic E-state index is 0.492. The lowest BCUT2D eigenvalue weighted by Crippen LogP contribution is -2.36. The molecule has 0 saturated carbocycles. The Bertz CT molecular complexity index is 147. The molecule has 2 fully saturated rings. The lowest BCUT2D eigenvalue weighted by atomic mass is 10.2. The first-order valence-corrected chi connectivity index (χ1v) is 5.94. The molecule has 70 valence electrons. The average molecular weight is 187 g/mol. The van der Waals surface area contributed by atoms with Gasteiger partial charge < -0.3 is 4.74 Å². The van der Waals surface area contributed by atoms with Gasteiger partial charge in [-0.2, -0.15) is 0 Å². The Morgan fingerprint density at radius 2 is 2.50 bits per heavy atom. The van der Waals surface area contributed by atoms with Gasteiger partial charge in [-0.05, 0) is 19.3 Å². The van der Waals surface area contributed by atoms with Crippen molar-refractivity contribution in [3.63, 3.8) is 0 Å². The van der Waals surface area contributed by atoms with Crippen molar-refractivity contribution in [1.82, 2.24) is 5.32 Å². The van der Waals surface area contributed by atoms with Crippen LogP contribution in [0.15, 0.2) is 0 Å². The average Bonchev–Trinajstić information content (AvgIpc) is 2.75. The summed E-state index contributed by atoms with van der Waals surface area (Å²) in [5.74, 6) is 1.26. The van der Waals surface area contributed by atoms with Crippen molar-refractivity contribution < 1.29 is 4.74 Å². The topological polar surface area (TPSA) is 21.3 Å². The van der Waals surface area contributed by atoms with Gasteiger partial charge >= 0.3 is 0 Å². The van der Waals surface area contributed by atoms with Crippen LogP contribution in [0.1, 0.15) is 26.2 Å². The standard InChI is InChI=1S/C9H17NOS/c1-2-7-6-12-9(10-7)8-4-3-5-11-8/h7-10H,2-6H2,1H3. The monoisotopic (exact) mass is 187 g/mol. The minimum absolute atomic E-state index is 0.492. The van der Waals surface area contributed by atoms with Gasteiger partial charge in [0, 0.05) is 18.4 Å². The van der Waals surface area contributed by atoms with Gasteiger partial charge in [0.25, 0.3) is 0 Å². The van der Waals surface area contributed by atoms with E-state index in [2.05, 4.69) is 12.2 Å². The van der Waals surface area contributed by atoms with Crippen LogP contribution < -0.4 is 5.32 Å². The molecule has 3 heteroatoms. The highest BCUT2D eigenvalue weighted by Gasteiger charge is 2.32. The molecule has 3 unspecified atom stereocenters. The van der Waals surface area contributed by atoms with Gasteiger partial charge in [0.15, 0.2) is 0 Å². The summed E-state index contributed by atoms with van der Waals surface area (Å²) >= 11 is 2.04. The van der Waals surface area contributed by atoms with Crippen molar-refractivity contribution in [3.8, 4) is 0 Å². The van der Waals surface area contributed by atoms with E-state index in [0.29, 0.717) is 11.5 Å². The highest BCUT2D eigenvalue weighted by atomic mass is 32.2. The van der Waals surface area contributed by atoms with Crippen molar-refractivity contribution in [2.24, 2.45) is 0 Å². The summed E-state index contributed by atoms with van der Waals surface area (Å²) in [6.45, 7) is 3.22. The fourth-order valence-corrected chi connectivity index (χ4v) is 3.33. The van der Waals surface area contributed by atoms with Crippen LogP contribution in [0.25, 0.3) is 0 Å². The quantitative estimate of drug-likeness (QED) is 0.709. The Labute approximate surface area is 78.4 Å². The van der Waals surface area contributed by atoms with Crippen molar-refractivity contribution in [2.45, 2.75) is 43.7 Å². The van der Waals surface area contributed by atoms with Gasteiger partial charge in [0.1, 0.15) is 0 Å². The van der Waals surface area contributed by atoms with Gasteiger partial charge in [-0.25, -0.2) is 0 Å². The van der Waals surface area contributed by atoms with Gasteiger partial charge in [0.05, 0.1) is 11.5 Å². The van der Waals surface area contributed by atoms with E-state index in [1.54, 1.807) is 0 Å². The third-order valence-electron chi connectivity index (χ3n) is 2.67. The third kappa shape index (κ3) is 1.78. The molecule has 2 heterocycles. The maximum absolute atomic E-state index is 5.65. The summed E-state index contributed by atoms with van der Waals surface area (Å²) in [6.07, 6.45) is 4.24. The van der Waals surface area contributed by atoms with Gasteiger partial charge in [-0.1, -0.05) is 6.92 Å². The molecule has 3 atom stereocenters. The zero-order chi connectivity index (χ0) is 8.39. The summed E-state index contributed by atoms with van der Waals surface area (Å²) in [5.41, 5.74) is 0. The summed E-state index contributed by atoms with van der Waals surface area (Å²) in [4.78, 5) is 0. The Kier molecular flexibility index (Phi) is 2.94. The molecule has 0 radical (unpaired) electrons. The Hall–Kier alpha value is 0.270. The molecule has 0 aromatic rings. The van der Waals surface area contributed by atoms with Crippen LogP contribution >= 0.6 is 11.8 Å². The minimum Gasteiger partial charge on any atom is -0.376 e. The van der Waals surface area contributed by atoms with Crippen LogP contribution in [0, 0.1) is 0 Å². The number of hydrogen-bond acceptors (Lipinski definition) is 3. The van der Waals surface area contributed by atoms with E-state index < -0.39 is 0 Å². The van der Waals surface area contributed by atoms with Gasteiger partial charge in [0.2, 0.25) is 0 Å². The van der Waals surface area contributed by atoms with Crippen LogP contribution in [0.4, 0.5) is 0 Å². The van der Waals surface area contributed by atoms with E-state index in [4.69, 9.17) is 4.74 Å². The lowest BCUT2D eigenvalue weighted by molar-refractivity contribution is 0.101. The van der Waals surface area contributed by atoms with Crippen molar-refractivity contribution >= 4 is 11.8 Å². The molecule has 1 N–H and O–H groups in total. The van der Waals surface area contributed by atoms with Crippen molar-refractivity contribution in [1.29, 1.82) is 0 Å². The number of nitrogens with one attached hydrogen (secondary N) is 1. The second-order valence-electron chi connectivity index (χ2n) is 3.58. The zero-order valence-electron chi connectivity index (χ0n) is 7.58. The highest BCUT2D eigenvalue weighted by molar-refractivity contribution is 8.00. The van der Waals surface area contributed by atoms with E-state index in [0.717, 1.165) is 12.6 Å². The van der Waals surface area contributed by atoms with E-state index in [9.17, 15) is 0 Å². The molecular formula is C9H17NOS. The lowest BCUT2D eigenvalue weighted by Gasteiger charge is -2.17. The molecule has 0 bridgehead atoms. The molecule has 2 saturated heterocycles. The van der Waals surface area contributed by atoms with E-state index >= 15 is 0 Å². The highest BCUT2D eigenvalue weighted by Crippen LogP contribution is 2.29. The molecule has 12 heavy (non-hydrogen) atoms. The van der Waals surface area contributed by atoms with Crippen LogP contribution in [0.3, 0.4) is 0 Å². The van der Waals surface area contributed by atoms with Crippen LogP contribution in [-0.4, -0.2) is 29.9 Å². The zero-order valence-corrected chi connectivity index (χ0v) is 8.40. The largest absolute Gasteiger partial charge is 0.376 e. The number of thioether (sulfide) groups is 1. The molecule has 0 aromatic carbocycles. The van der Waals surface area contributed by atoms with Crippen LogP contribution in [0.2, 0.25) is 0 Å². The van der Waals surface area contributed by atoms with Gasteiger partial charge in [-0.3, -0.25) is 5.32 Å². The second-order valence-corrected chi connectivity index (χ2v) is 4.75. The Morgan fingerprint density at radius 3 is 3.08 bits per heavy atom. The molecular weight excluding hydrogens is 170 g/mol. The molecule has 0 spiro atoms. The first-order chi connectivity index (χ1) is 5.90. The van der Waals surface area contributed by atoms with E-state index in [-0.39, 0.29) is 0 Å². The van der Waals surface area contributed by atoms with Crippen molar-refractivity contribution in [2.75, 3.05) is 12.4 Å². The van der Waals surface area contributed by atoms with E-state index in [1.165, 1.54) is 25.0 Å². The number of rotatable bonds is 2. The smallest absolute Gasteiger partial charge is 0.0822 e. The summed E-state index contributed by atoms with van der Waals surface area (Å²) < 4.78 is 5.65. The van der Waals surface area contributed by atoms with Crippen LogP contribution in [-0.2, 0) is 4.74 Å².